The van der Waals surface area contributed by atoms with Gasteiger partial charge in [0.25, 0.3) is 0 Å². The normalized spacial score (nSPS) is 21.5. The molecular formula is C40H46N8O3. The summed E-state index contributed by atoms with van der Waals surface area (Å²) in [5.74, 6) is 2.11. The lowest BCUT2D eigenvalue weighted by atomic mass is 9.87. The molecule has 0 radical (unpaired) electrons. The Hall–Kier alpha value is -5.06. The van der Waals surface area contributed by atoms with Crippen LogP contribution >= 0.6 is 0 Å². The number of hydrogen-bond acceptors (Lipinski definition) is 11. The lowest BCUT2D eigenvalue weighted by molar-refractivity contribution is 0.0618. The maximum Gasteiger partial charge on any atom is 0.218 e. The van der Waals surface area contributed by atoms with Crippen molar-refractivity contribution in [3.8, 4) is 33.9 Å². The quantitative estimate of drug-likeness (QED) is 0.202. The monoisotopic (exact) mass is 686 g/mol. The predicted molar refractivity (Wildman–Crippen MR) is 199 cm³/mol. The van der Waals surface area contributed by atoms with E-state index >= 15 is 0 Å². The van der Waals surface area contributed by atoms with Crippen LogP contribution < -0.4 is 0 Å². The minimum Gasteiger partial charge on any atom is -0.469 e. The number of hydrogen-bond donors (Lipinski definition) is 0. The van der Waals surface area contributed by atoms with Crippen LogP contribution in [0.15, 0.2) is 76.4 Å². The molecular weight excluding hydrogens is 640 g/mol. The average Bonchev–Trinajstić information content (AvgIpc) is 3.54. The minimum absolute atomic E-state index is 0.404. The van der Waals surface area contributed by atoms with E-state index in [4.69, 9.17) is 39.2 Å². The molecule has 0 unspecified atom stereocenters. The largest absolute Gasteiger partial charge is 0.469 e. The molecule has 4 aromatic heterocycles. The highest BCUT2D eigenvalue weighted by molar-refractivity contribution is 5.98. The van der Waals surface area contributed by atoms with E-state index in [2.05, 4.69) is 56.5 Å². The van der Waals surface area contributed by atoms with Crippen molar-refractivity contribution in [3.05, 3.63) is 78.1 Å². The van der Waals surface area contributed by atoms with Crippen molar-refractivity contribution < 1.29 is 14.2 Å². The summed E-state index contributed by atoms with van der Waals surface area (Å²) in [4.78, 5) is 38.6. The second-order valence-electron chi connectivity index (χ2n) is 16.6. The molecule has 0 amide bonds. The molecule has 0 atom stereocenters. The van der Waals surface area contributed by atoms with E-state index in [0.29, 0.717) is 40.5 Å². The van der Waals surface area contributed by atoms with Crippen molar-refractivity contribution in [3.63, 3.8) is 0 Å². The molecule has 3 aliphatic rings. The zero-order valence-corrected chi connectivity index (χ0v) is 31.6. The molecule has 0 spiro atoms. The molecule has 0 aromatic carbocycles. The zero-order valence-electron chi connectivity index (χ0n) is 31.6. The summed E-state index contributed by atoms with van der Waals surface area (Å²) in [7, 11) is 0. The molecule has 11 heteroatoms. The number of aromatic nitrogens is 5. The molecule has 4 aromatic rings. The molecule has 7 heterocycles. The molecule has 0 aliphatic carbocycles. The number of ether oxygens (including phenoxy) is 3. The van der Waals surface area contributed by atoms with Crippen LogP contribution in [-0.2, 0) is 14.2 Å². The molecule has 11 nitrogen and oxygen atoms in total. The Balaban J connectivity index is 1.35. The highest BCUT2D eigenvalue weighted by atomic mass is 16.5. The Bertz CT molecular complexity index is 1910. The Morgan fingerprint density at radius 1 is 0.373 bits per heavy atom. The van der Waals surface area contributed by atoms with E-state index in [1.54, 1.807) is 37.2 Å². The number of pyridine rings is 3. The van der Waals surface area contributed by atoms with Gasteiger partial charge in [0.1, 0.15) is 16.8 Å². The van der Waals surface area contributed by atoms with Crippen molar-refractivity contribution in [2.24, 2.45) is 15.0 Å². The van der Waals surface area contributed by atoms with E-state index in [-0.39, 0.29) is 0 Å². The van der Waals surface area contributed by atoms with E-state index in [9.17, 15) is 0 Å². The van der Waals surface area contributed by atoms with Crippen LogP contribution in [0.4, 0.5) is 0 Å². The Kier molecular flexibility index (Phi) is 7.57. The fraction of sp³-hybridized carbons (Fsp3) is 0.450. The van der Waals surface area contributed by atoms with Gasteiger partial charge in [-0.25, -0.2) is 24.9 Å². The van der Waals surface area contributed by atoms with Gasteiger partial charge in [-0.2, -0.15) is 0 Å². The Morgan fingerprint density at radius 3 is 0.980 bits per heavy atom. The maximum absolute atomic E-state index is 6.32. The molecule has 51 heavy (non-hydrogen) atoms. The molecule has 7 rings (SSSR count). The average molecular weight is 687 g/mol. The van der Waals surface area contributed by atoms with Gasteiger partial charge in [0.05, 0.1) is 44.7 Å². The van der Waals surface area contributed by atoms with Crippen LogP contribution in [0.1, 0.15) is 99.8 Å². The predicted octanol–water partition coefficient (Wildman–Crippen LogP) is 7.66. The first kappa shape index (κ1) is 34.4. The summed E-state index contributed by atoms with van der Waals surface area (Å²) in [5.41, 5.74) is 3.21. The van der Waals surface area contributed by atoms with Gasteiger partial charge in [0.15, 0.2) is 5.82 Å². The molecule has 0 fully saturated rings. The topological polar surface area (TPSA) is 129 Å². The summed E-state index contributed by atoms with van der Waals surface area (Å²) < 4.78 is 19.0. The fourth-order valence-electron chi connectivity index (χ4n) is 5.65. The van der Waals surface area contributed by atoms with Crippen molar-refractivity contribution in [2.45, 2.75) is 117 Å². The minimum atomic E-state index is -0.479. The molecule has 264 valence electrons. The second-order valence-corrected chi connectivity index (χ2v) is 16.6. The van der Waals surface area contributed by atoms with Crippen LogP contribution in [-0.4, -0.2) is 76.0 Å². The van der Waals surface area contributed by atoms with Crippen molar-refractivity contribution in [1.82, 2.24) is 24.9 Å². The number of rotatable bonds is 6. The molecule has 0 saturated heterocycles. The lowest BCUT2D eigenvalue weighted by Gasteiger charge is -2.30. The van der Waals surface area contributed by atoms with Crippen molar-refractivity contribution in [2.75, 3.05) is 0 Å². The first-order valence-corrected chi connectivity index (χ1v) is 17.3. The lowest BCUT2D eigenvalue weighted by Crippen LogP contribution is -2.41. The standard InChI is InChI=1S/C40H46N8O3/c1-35(2)38(7,8)49-32(46-35)26-13-23(17-41-20-26)29-16-30(24-14-27(21-42-18-24)33-47-36(3,4)39(9,10)50-33)45-31(44-29)25-15-28(22-43-19-25)34-48-37(5,6)40(11,12)51-34/h13-22H,1-12H3. The zero-order chi connectivity index (χ0) is 36.8. The second kappa shape index (κ2) is 11.2. The SMILES string of the molecule is CC1(C)N=C(c2cncc(-c3cc(-c4cncc(C5=NC(C)(C)C(C)(C)O5)c4)nc(-c4cncc(C5=NC(C)(C)C(C)(C)O5)c4)n3)c2)OC1(C)C. The summed E-state index contributed by atoms with van der Waals surface area (Å²) in [5, 5.41) is 0. The molecule has 0 saturated carbocycles. The molecule has 3 aliphatic heterocycles. The van der Waals surface area contributed by atoms with Crippen LogP contribution in [0.2, 0.25) is 0 Å². The third-order valence-electron chi connectivity index (χ3n) is 11.2. The van der Waals surface area contributed by atoms with Gasteiger partial charge >= 0.3 is 0 Å². The van der Waals surface area contributed by atoms with E-state index in [1.807, 2.05) is 65.8 Å². The molecule has 0 N–H and O–H groups in total. The summed E-state index contributed by atoms with van der Waals surface area (Å²) in [6, 6.07) is 7.90. The van der Waals surface area contributed by atoms with Crippen LogP contribution in [0.5, 0.6) is 0 Å². The van der Waals surface area contributed by atoms with Crippen LogP contribution in [0, 0.1) is 0 Å². The van der Waals surface area contributed by atoms with Gasteiger partial charge in [-0.15, -0.1) is 0 Å². The highest BCUT2D eigenvalue weighted by Crippen LogP contribution is 2.39. The van der Waals surface area contributed by atoms with Gasteiger partial charge in [-0.3, -0.25) is 15.0 Å². The van der Waals surface area contributed by atoms with Gasteiger partial charge in [0, 0.05) is 53.9 Å². The fourth-order valence-corrected chi connectivity index (χ4v) is 5.65. The Morgan fingerprint density at radius 2 is 0.667 bits per heavy atom. The third kappa shape index (κ3) is 5.96. The van der Waals surface area contributed by atoms with Gasteiger partial charge < -0.3 is 14.2 Å². The molecule has 0 bridgehead atoms. The number of nitrogens with zero attached hydrogens (tertiary/aromatic N) is 8. The van der Waals surface area contributed by atoms with Gasteiger partial charge in [0.2, 0.25) is 17.7 Å². The third-order valence-corrected chi connectivity index (χ3v) is 11.2. The van der Waals surface area contributed by atoms with E-state index in [1.165, 1.54) is 0 Å². The highest BCUT2D eigenvalue weighted by Gasteiger charge is 2.47. The first-order valence-electron chi connectivity index (χ1n) is 17.3. The van der Waals surface area contributed by atoms with Gasteiger partial charge in [-0.1, -0.05) is 0 Å². The summed E-state index contributed by atoms with van der Waals surface area (Å²) in [6.07, 6.45) is 10.6. The summed E-state index contributed by atoms with van der Waals surface area (Å²) >= 11 is 0. The summed E-state index contributed by atoms with van der Waals surface area (Å²) in [6.45, 7) is 24.7. The maximum atomic E-state index is 6.32. The van der Waals surface area contributed by atoms with Crippen molar-refractivity contribution in [1.29, 1.82) is 0 Å². The van der Waals surface area contributed by atoms with Crippen molar-refractivity contribution >= 4 is 17.7 Å². The van der Waals surface area contributed by atoms with Crippen LogP contribution in [0.3, 0.4) is 0 Å². The van der Waals surface area contributed by atoms with E-state index < -0.39 is 33.4 Å². The first-order chi connectivity index (χ1) is 23.7. The smallest absolute Gasteiger partial charge is 0.218 e. The Labute approximate surface area is 299 Å². The number of aliphatic imine (C=N–C) groups is 3. The van der Waals surface area contributed by atoms with Crippen LogP contribution in [0.25, 0.3) is 33.9 Å². The van der Waals surface area contributed by atoms with E-state index in [0.717, 1.165) is 27.8 Å². The van der Waals surface area contributed by atoms with Gasteiger partial charge in [-0.05, 0) is 107 Å².